The van der Waals surface area contributed by atoms with Crippen LogP contribution in [-0.2, 0) is 9.84 Å². The van der Waals surface area contributed by atoms with Crippen molar-refractivity contribution in [3.05, 3.63) is 18.3 Å². The van der Waals surface area contributed by atoms with Crippen molar-refractivity contribution in [2.45, 2.75) is 24.2 Å². The van der Waals surface area contributed by atoms with Crippen LogP contribution in [0.5, 0.6) is 0 Å². The highest BCUT2D eigenvalue weighted by atomic mass is 32.2. The van der Waals surface area contributed by atoms with Crippen molar-refractivity contribution in [1.82, 2.24) is 4.98 Å². The first kappa shape index (κ1) is 14.3. The summed E-state index contributed by atoms with van der Waals surface area (Å²) < 4.78 is 23.6. The summed E-state index contributed by atoms with van der Waals surface area (Å²) in [5.74, 6) is 0.959. The lowest BCUT2D eigenvalue weighted by molar-refractivity contribution is 0.244. The molecular weight excluding hydrogens is 264 g/mol. The van der Waals surface area contributed by atoms with E-state index in [4.69, 9.17) is 5.11 Å². The van der Waals surface area contributed by atoms with Crippen LogP contribution in [0, 0.1) is 5.92 Å². The minimum absolute atomic E-state index is 0.180. The van der Waals surface area contributed by atoms with E-state index in [0.717, 1.165) is 32.4 Å². The fourth-order valence-corrected chi connectivity index (χ4v) is 3.42. The molecule has 1 aliphatic heterocycles. The van der Waals surface area contributed by atoms with Crippen molar-refractivity contribution >= 4 is 15.7 Å². The second kappa shape index (κ2) is 5.88. The molecule has 1 aromatic heterocycles. The Morgan fingerprint density at radius 1 is 1.53 bits per heavy atom. The van der Waals surface area contributed by atoms with Crippen LogP contribution in [0.25, 0.3) is 0 Å². The first-order valence-electron chi connectivity index (χ1n) is 6.53. The van der Waals surface area contributed by atoms with Crippen molar-refractivity contribution in [2.75, 3.05) is 30.9 Å². The van der Waals surface area contributed by atoms with E-state index in [1.807, 2.05) is 4.90 Å². The molecule has 2 rings (SSSR count). The zero-order valence-electron chi connectivity index (χ0n) is 11.1. The molecule has 0 bridgehead atoms. The zero-order chi connectivity index (χ0) is 13.9. The normalized spacial score (nSPS) is 20.5. The summed E-state index contributed by atoms with van der Waals surface area (Å²) in [6.45, 7) is 1.77. The van der Waals surface area contributed by atoms with Crippen molar-refractivity contribution < 1.29 is 13.5 Å². The number of nitrogens with zero attached hydrogens (tertiary/aromatic N) is 2. The molecule has 0 amide bonds. The quantitative estimate of drug-likeness (QED) is 0.896. The maximum Gasteiger partial charge on any atom is 0.179 e. The van der Waals surface area contributed by atoms with Gasteiger partial charge in [-0.3, -0.25) is 0 Å². The molecule has 0 aromatic carbocycles. The number of aliphatic hydroxyl groups is 1. The van der Waals surface area contributed by atoms with Gasteiger partial charge in [0.1, 0.15) is 10.7 Å². The highest BCUT2D eigenvalue weighted by Gasteiger charge is 2.24. The van der Waals surface area contributed by atoms with Gasteiger partial charge in [0, 0.05) is 32.1 Å². The Balaban J connectivity index is 2.27. The molecule has 1 aliphatic rings. The SMILES string of the molecule is CS(=O)(=O)c1cccnc1N1CCCC(CCO)C1. The second-order valence-electron chi connectivity index (χ2n) is 5.06. The number of pyridine rings is 1. The third-order valence-corrected chi connectivity index (χ3v) is 4.62. The van der Waals surface area contributed by atoms with E-state index in [1.165, 1.54) is 6.26 Å². The van der Waals surface area contributed by atoms with E-state index < -0.39 is 9.84 Å². The predicted octanol–water partition coefficient (Wildman–Crippen LogP) is 1.08. The van der Waals surface area contributed by atoms with Crippen molar-refractivity contribution in [2.24, 2.45) is 5.92 Å². The number of hydrogen-bond acceptors (Lipinski definition) is 5. The minimum Gasteiger partial charge on any atom is -0.396 e. The Morgan fingerprint density at radius 3 is 3.00 bits per heavy atom. The largest absolute Gasteiger partial charge is 0.396 e. The van der Waals surface area contributed by atoms with Gasteiger partial charge in [0.05, 0.1) is 0 Å². The molecule has 6 heteroatoms. The molecular formula is C13H20N2O3S. The number of sulfone groups is 1. The summed E-state index contributed by atoms with van der Waals surface area (Å²) in [7, 11) is -3.27. The van der Waals surface area contributed by atoms with Crippen LogP contribution < -0.4 is 4.90 Å². The zero-order valence-corrected chi connectivity index (χ0v) is 11.9. The van der Waals surface area contributed by atoms with Gasteiger partial charge in [-0.05, 0) is 37.3 Å². The van der Waals surface area contributed by atoms with E-state index >= 15 is 0 Å². The number of hydrogen-bond donors (Lipinski definition) is 1. The fourth-order valence-electron chi connectivity index (χ4n) is 2.58. The molecule has 1 N–H and O–H groups in total. The molecule has 2 heterocycles. The number of rotatable bonds is 4. The van der Waals surface area contributed by atoms with E-state index in [2.05, 4.69) is 4.98 Å². The maximum absolute atomic E-state index is 11.8. The van der Waals surface area contributed by atoms with E-state index in [9.17, 15) is 8.42 Å². The van der Waals surface area contributed by atoms with Crippen molar-refractivity contribution in [3.8, 4) is 0 Å². The van der Waals surface area contributed by atoms with Gasteiger partial charge in [0.2, 0.25) is 0 Å². The highest BCUT2D eigenvalue weighted by Crippen LogP contribution is 2.28. The fraction of sp³-hybridized carbons (Fsp3) is 0.615. The third-order valence-electron chi connectivity index (χ3n) is 3.51. The van der Waals surface area contributed by atoms with Crippen LogP contribution in [0.3, 0.4) is 0 Å². The standard InChI is InChI=1S/C13H20N2O3S/c1-19(17,18)12-5-2-7-14-13(12)15-8-3-4-11(10-15)6-9-16/h2,5,7,11,16H,3-4,6,8-10H2,1H3. The summed E-state index contributed by atoms with van der Waals surface area (Å²) in [5.41, 5.74) is 0. The van der Waals surface area contributed by atoms with Crippen LogP contribution in [0.15, 0.2) is 23.2 Å². The van der Waals surface area contributed by atoms with Gasteiger partial charge in [-0.2, -0.15) is 0 Å². The van der Waals surface area contributed by atoms with Crippen LogP contribution in [0.2, 0.25) is 0 Å². The van der Waals surface area contributed by atoms with E-state index in [0.29, 0.717) is 16.6 Å². The van der Waals surface area contributed by atoms with Gasteiger partial charge in [0.25, 0.3) is 0 Å². The Kier molecular flexibility index (Phi) is 4.42. The number of piperidine rings is 1. The average Bonchev–Trinajstić information content (AvgIpc) is 2.38. The Hall–Kier alpha value is -1.14. The summed E-state index contributed by atoms with van der Waals surface area (Å²) in [5, 5.41) is 9.03. The Bertz CT molecular complexity index is 528. The number of aliphatic hydroxyl groups excluding tert-OH is 1. The average molecular weight is 284 g/mol. The Labute approximate surface area is 114 Å². The van der Waals surface area contributed by atoms with E-state index in [-0.39, 0.29) is 6.61 Å². The molecule has 19 heavy (non-hydrogen) atoms. The molecule has 5 nitrogen and oxygen atoms in total. The molecule has 0 aliphatic carbocycles. The summed E-state index contributed by atoms with van der Waals surface area (Å²) in [6, 6.07) is 3.25. The van der Waals surface area contributed by atoms with Crippen molar-refractivity contribution in [1.29, 1.82) is 0 Å². The van der Waals surface area contributed by atoms with Gasteiger partial charge in [0.15, 0.2) is 9.84 Å². The molecule has 0 radical (unpaired) electrons. The van der Waals surface area contributed by atoms with Crippen LogP contribution >= 0.6 is 0 Å². The first-order chi connectivity index (χ1) is 9.02. The van der Waals surface area contributed by atoms with Crippen LogP contribution in [0.1, 0.15) is 19.3 Å². The molecule has 0 saturated carbocycles. The molecule has 1 fully saturated rings. The predicted molar refractivity (Wildman–Crippen MR) is 74.0 cm³/mol. The topological polar surface area (TPSA) is 70.5 Å². The smallest absolute Gasteiger partial charge is 0.179 e. The first-order valence-corrected chi connectivity index (χ1v) is 8.42. The lowest BCUT2D eigenvalue weighted by Crippen LogP contribution is -2.37. The van der Waals surface area contributed by atoms with Crippen LogP contribution in [0.4, 0.5) is 5.82 Å². The Morgan fingerprint density at radius 2 is 2.32 bits per heavy atom. The van der Waals surface area contributed by atoms with Gasteiger partial charge >= 0.3 is 0 Å². The molecule has 1 unspecified atom stereocenters. The van der Waals surface area contributed by atoms with Crippen LogP contribution in [-0.4, -0.2) is 44.5 Å². The molecule has 106 valence electrons. The monoisotopic (exact) mass is 284 g/mol. The molecule has 1 aromatic rings. The lowest BCUT2D eigenvalue weighted by Gasteiger charge is -2.34. The molecule has 1 saturated heterocycles. The van der Waals surface area contributed by atoms with Crippen molar-refractivity contribution in [3.63, 3.8) is 0 Å². The lowest BCUT2D eigenvalue weighted by atomic mass is 9.95. The van der Waals surface area contributed by atoms with Gasteiger partial charge in [-0.1, -0.05) is 0 Å². The molecule has 0 spiro atoms. The summed E-state index contributed by atoms with van der Waals surface area (Å²) in [4.78, 5) is 6.57. The van der Waals surface area contributed by atoms with Gasteiger partial charge in [-0.25, -0.2) is 13.4 Å². The minimum atomic E-state index is -3.27. The maximum atomic E-state index is 11.8. The number of aromatic nitrogens is 1. The third kappa shape index (κ3) is 3.45. The highest BCUT2D eigenvalue weighted by molar-refractivity contribution is 7.90. The van der Waals surface area contributed by atoms with Gasteiger partial charge < -0.3 is 10.0 Å². The van der Waals surface area contributed by atoms with Gasteiger partial charge in [-0.15, -0.1) is 0 Å². The summed E-state index contributed by atoms with van der Waals surface area (Å²) in [6.07, 6.45) is 5.68. The second-order valence-corrected chi connectivity index (χ2v) is 7.05. The summed E-state index contributed by atoms with van der Waals surface area (Å²) >= 11 is 0. The number of anilines is 1. The molecule has 1 atom stereocenters. The van der Waals surface area contributed by atoms with E-state index in [1.54, 1.807) is 18.3 Å².